The third kappa shape index (κ3) is 5.35. The summed E-state index contributed by atoms with van der Waals surface area (Å²) in [5, 5.41) is 16.7. The van der Waals surface area contributed by atoms with Crippen molar-refractivity contribution in [2.75, 3.05) is 10.6 Å². The van der Waals surface area contributed by atoms with Gasteiger partial charge in [-0.2, -0.15) is 4.98 Å². The zero-order valence-corrected chi connectivity index (χ0v) is 21.7. The SMILES string of the molecule is CCc1ccc2nc(Nc3cc(Cc4ccccc4)nc(Nc4ccc(C5CC5C(=O)O)cc4)n3)sc2c1. The molecule has 0 aliphatic heterocycles. The predicted octanol–water partition coefficient (Wildman–Crippen LogP) is 6.91. The minimum atomic E-state index is -0.722. The van der Waals surface area contributed by atoms with Crippen LogP contribution in [0.1, 0.15) is 41.6 Å². The molecule has 0 radical (unpaired) electrons. The summed E-state index contributed by atoms with van der Waals surface area (Å²) >= 11 is 1.61. The number of nitrogens with one attached hydrogen (secondary N) is 2. The number of aromatic nitrogens is 3. The fraction of sp³-hybridized carbons (Fsp3) is 0.200. The molecule has 2 aromatic heterocycles. The predicted molar refractivity (Wildman–Crippen MR) is 152 cm³/mol. The lowest BCUT2D eigenvalue weighted by Crippen LogP contribution is -2.04. The second-order valence-electron chi connectivity index (χ2n) is 9.56. The first-order valence-electron chi connectivity index (χ1n) is 12.7. The third-order valence-electron chi connectivity index (χ3n) is 6.81. The summed E-state index contributed by atoms with van der Waals surface area (Å²) < 4.78 is 1.14. The monoisotopic (exact) mass is 521 g/mol. The lowest BCUT2D eigenvalue weighted by atomic mass is 10.1. The van der Waals surface area contributed by atoms with E-state index in [9.17, 15) is 9.90 Å². The molecule has 2 heterocycles. The van der Waals surface area contributed by atoms with Crippen LogP contribution >= 0.6 is 11.3 Å². The van der Waals surface area contributed by atoms with Crippen molar-refractivity contribution in [2.45, 2.75) is 32.1 Å². The number of hydrogen-bond acceptors (Lipinski definition) is 7. The van der Waals surface area contributed by atoms with Gasteiger partial charge in [0.25, 0.3) is 0 Å². The first kappa shape index (κ1) is 24.1. The van der Waals surface area contributed by atoms with Gasteiger partial charge in [0.05, 0.1) is 21.8 Å². The first-order chi connectivity index (χ1) is 18.5. The molecular formula is C30H27N5O2S. The fourth-order valence-electron chi connectivity index (χ4n) is 4.64. The number of nitrogens with zero attached hydrogens (tertiary/aromatic N) is 3. The number of carboxylic acid groups (broad SMARTS) is 1. The molecule has 190 valence electrons. The van der Waals surface area contributed by atoms with Crippen LogP contribution in [0.4, 0.5) is 22.6 Å². The molecule has 38 heavy (non-hydrogen) atoms. The van der Waals surface area contributed by atoms with E-state index >= 15 is 0 Å². The van der Waals surface area contributed by atoms with Crippen molar-refractivity contribution in [2.24, 2.45) is 5.92 Å². The number of anilines is 4. The highest BCUT2D eigenvalue weighted by Crippen LogP contribution is 2.47. The van der Waals surface area contributed by atoms with Gasteiger partial charge in [-0.05, 0) is 59.7 Å². The van der Waals surface area contributed by atoms with Crippen LogP contribution in [0.5, 0.6) is 0 Å². The zero-order chi connectivity index (χ0) is 26.1. The molecule has 1 saturated carbocycles. The Morgan fingerprint density at radius 1 is 0.947 bits per heavy atom. The maximum Gasteiger partial charge on any atom is 0.307 e. The Hall–Kier alpha value is -4.30. The van der Waals surface area contributed by atoms with Crippen molar-refractivity contribution in [1.29, 1.82) is 0 Å². The molecule has 0 amide bonds. The van der Waals surface area contributed by atoms with E-state index in [1.54, 1.807) is 11.3 Å². The maximum atomic E-state index is 11.2. The number of carboxylic acids is 1. The van der Waals surface area contributed by atoms with Crippen molar-refractivity contribution in [3.05, 3.63) is 101 Å². The van der Waals surface area contributed by atoms with Crippen molar-refractivity contribution in [3.8, 4) is 0 Å². The summed E-state index contributed by atoms with van der Waals surface area (Å²) in [5.41, 5.74) is 6.19. The van der Waals surface area contributed by atoms with Gasteiger partial charge in [-0.25, -0.2) is 9.97 Å². The molecule has 6 rings (SSSR count). The van der Waals surface area contributed by atoms with Crippen LogP contribution in [0.15, 0.2) is 78.9 Å². The number of carbonyl (C=O) groups is 1. The number of benzene rings is 3. The van der Waals surface area contributed by atoms with Crippen molar-refractivity contribution < 1.29 is 9.90 Å². The summed E-state index contributed by atoms with van der Waals surface area (Å²) in [6.45, 7) is 2.15. The topological polar surface area (TPSA) is 100 Å². The lowest BCUT2D eigenvalue weighted by molar-refractivity contribution is -0.138. The number of hydrogen-bond donors (Lipinski definition) is 3. The van der Waals surface area contributed by atoms with Gasteiger partial charge in [0.1, 0.15) is 5.82 Å². The maximum absolute atomic E-state index is 11.2. The summed E-state index contributed by atoms with van der Waals surface area (Å²) in [4.78, 5) is 25.5. The normalized spacial score (nSPS) is 16.3. The summed E-state index contributed by atoms with van der Waals surface area (Å²) in [7, 11) is 0. The molecule has 1 aliphatic rings. The zero-order valence-electron chi connectivity index (χ0n) is 20.9. The van der Waals surface area contributed by atoms with E-state index in [1.165, 1.54) is 5.56 Å². The molecule has 5 aromatic rings. The highest BCUT2D eigenvalue weighted by Gasteiger charge is 2.44. The van der Waals surface area contributed by atoms with E-state index in [2.05, 4.69) is 47.9 Å². The smallest absolute Gasteiger partial charge is 0.307 e. The number of rotatable bonds is 9. The van der Waals surface area contributed by atoms with E-state index in [1.807, 2.05) is 48.5 Å². The van der Waals surface area contributed by atoms with Gasteiger partial charge in [-0.3, -0.25) is 4.79 Å². The summed E-state index contributed by atoms with van der Waals surface area (Å²) in [5.74, 6) is 0.265. The second-order valence-corrected chi connectivity index (χ2v) is 10.6. The van der Waals surface area contributed by atoms with Crippen molar-refractivity contribution >= 4 is 50.1 Å². The number of fused-ring (bicyclic) bond motifs is 1. The first-order valence-corrected chi connectivity index (χ1v) is 13.5. The van der Waals surface area contributed by atoms with E-state index in [0.717, 1.165) is 44.3 Å². The van der Waals surface area contributed by atoms with Gasteiger partial charge in [-0.1, -0.05) is 66.8 Å². The highest BCUT2D eigenvalue weighted by molar-refractivity contribution is 7.22. The quantitative estimate of drug-likeness (QED) is 0.194. The Labute approximate surface area is 224 Å². The fourth-order valence-corrected chi connectivity index (χ4v) is 5.58. The van der Waals surface area contributed by atoms with Crippen LogP contribution in [0.3, 0.4) is 0 Å². The Balaban J connectivity index is 1.26. The van der Waals surface area contributed by atoms with E-state index in [-0.39, 0.29) is 11.8 Å². The molecule has 0 spiro atoms. The van der Waals surface area contributed by atoms with E-state index in [0.29, 0.717) is 24.6 Å². The van der Waals surface area contributed by atoms with Crippen LogP contribution in [-0.2, 0) is 17.6 Å². The standard InChI is InChI=1S/C30H27N5O2S/c1-2-18-8-13-25-26(15-18)38-30(33-25)35-27-16-22(14-19-6-4-3-5-7-19)32-29(34-27)31-21-11-9-20(10-12-21)23-17-24(23)28(36)37/h3-13,15-16,23-24H,2,14,17H2,1H3,(H,36,37)(H2,31,32,33,34,35). The number of aliphatic carboxylic acids is 1. The Kier molecular flexibility index (Phi) is 6.47. The van der Waals surface area contributed by atoms with Gasteiger partial charge in [0, 0.05) is 18.2 Å². The van der Waals surface area contributed by atoms with E-state index in [4.69, 9.17) is 15.0 Å². The summed E-state index contributed by atoms with van der Waals surface area (Å²) in [6.07, 6.45) is 2.36. The molecule has 7 nitrogen and oxygen atoms in total. The van der Waals surface area contributed by atoms with Crippen LogP contribution < -0.4 is 10.6 Å². The van der Waals surface area contributed by atoms with Gasteiger partial charge in [0.15, 0.2) is 5.13 Å². The van der Waals surface area contributed by atoms with Crippen LogP contribution in [0.25, 0.3) is 10.2 Å². The molecule has 8 heteroatoms. The Bertz CT molecular complexity index is 1600. The number of aryl methyl sites for hydroxylation is 1. The molecule has 0 saturated heterocycles. The molecular weight excluding hydrogens is 494 g/mol. The van der Waals surface area contributed by atoms with Crippen LogP contribution in [0, 0.1) is 5.92 Å². The van der Waals surface area contributed by atoms with E-state index < -0.39 is 5.97 Å². The van der Waals surface area contributed by atoms with Crippen molar-refractivity contribution in [3.63, 3.8) is 0 Å². The van der Waals surface area contributed by atoms with Crippen LogP contribution in [0.2, 0.25) is 0 Å². The third-order valence-corrected chi connectivity index (χ3v) is 7.74. The molecule has 2 atom stereocenters. The number of thiazole rings is 1. The summed E-state index contributed by atoms with van der Waals surface area (Å²) in [6, 6.07) is 26.4. The molecule has 2 unspecified atom stereocenters. The Morgan fingerprint density at radius 2 is 1.76 bits per heavy atom. The van der Waals surface area contributed by atoms with Gasteiger partial charge in [0.2, 0.25) is 5.95 Å². The Morgan fingerprint density at radius 3 is 2.50 bits per heavy atom. The molecule has 3 N–H and O–H groups in total. The largest absolute Gasteiger partial charge is 0.481 e. The highest BCUT2D eigenvalue weighted by atomic mass is 32.1. The van der Waals surface area contributed by atoms with Crippen molar-refractivity contribution in [1.82, 2.24) is 15.0 Å². The van der Waals surface area contributed by atoms with Gasteiger partial charge in [-0.15, -0.1) is 0 Å². The minimum absolute atomic E-state index is 0.102. The molecule has 1 aliphatic carbocycles. The molecule has 0 bridgehead atoms. The minimum Gasteiger partial charge on any atom is -0.481 e. The molecule has 1 fully saturated rings. The lowest BCUT2D eigenvalue weighted by Gasteiger charge is -2.11. The van der Waals surface area contributed by atoms with Crippen LogP contribution in [-0.4, -0.2) is 26.0 Å². The van der Waals surface area contributed by atoms with Gasteiger partial charge >= 0.3 is 5.97 Å². The molecule has 3 aromatic carbocycles. The average molecular weight is 522 g/mol. The second kappa shape index (κ2) is 10.2. The average Bonchev–Trinajstić information content (AvgIpc) is 3.63. The van der Waals surface area contributed by atoms with Gasteiger partial charge < -0.3 is 15.7 Å².